The van der Waals surface area contributed by atoms with Gasteiger partial charge in [-0.25, -0.2) is 4.68 Å². The number of hydrogen-bond acceptors (Lipinski definition) is 7. The minimum atomic E-state index is -0.279. The van der Waals surface area contributed by atoms with Gasteiger partial charge in [0.25, 0.3) is 5.56 Å². The smallest absolute Gasteiger partial charge is 0.273 e. The molecule has 0 aliphatic heterocycles. The largest absolute Gasteiger partial charge is 0.497 e. The van der Waals surface area contributed by atoms with Crippen molar-refractivity contribution in [2.24, 2.45) is 0 Å². The summed E-state index contributed by atoms with van der Waals surface area (Å²) in [6.45, 7) is 0. The molecule has 2 aromatic carbocycles. The van der Waals surface area contributed by atoms with Crippen molar-refractivity contribution in [1.82, 2.24) is 24.5 Å². The Morgan fingerprint density at radius 2 is 1.86 bits per heavy atom. The molecule has 2 N–H and O–H groups in total. The van der Waals surface area contributed by atoms with Crippen LogP contribution < -0.4 is 15.6 Å². The summed E-state index contributed by atoms with van der Waals surface area (Å²) in [5, 5.41) is 16.9. The number of ether oxygens (including phenoxy) is 1. The normalized spacial score (nSPS) is 10.9. The van der Waals surface area contributed by atoms with Crippen LogP contribution in [-0.4, -0.2) is 43.3 Å². The summed E-state index contributed by atoms with van der Waals surface area (Å²) in [6.07, 6.45) is 0. The minimum absolute atomic E-state index is 0.0806. The summed E-state index contributed by atoms with van der Waals surface area (Å²) in [5.74, 6) is 1.55. The number of hydrogen-bond donors (Lipinski definition) is 2. The molecule has 0 saturated carbocycles. The second kappa shape index (κ2) is 10.0. The van der Waals surface area contributed by atoms with E-state index in [4.69, 9.17) is 4.74 Å². The zero-order valence-electron chi connectivity index (χ0n) is 18.5. The van der Waals surface area contributed by atoms with Crippen molar-refractivity contribution in [2.45, 2.75) is 5.16 Å². The Labute approximate surface area is 208 Å². The number of benzene rings is 2. The Kier molecular flexibility index (Phi) is 6.51. The molecule has 0 spiro atoms. The highest BCUT2D eigenvalue weighted by Crippen LogP contribution is 2.31. The van der Waals surface area contributed by atoms with Gasteiger partial charge in [-0.05, 0) is 47.8 Å². The average molecular weight is 505 g/mol. The monoisotopic (exact) mass is 504 g/mol. The van der Waals surface area contributed by atoms with Crippen molar-refractivity contribution in [3.63, 3.8) is 0 Å². The number of thioether (sulfide) groups is 1. The Morgan fingerprint density at radius 3 is 2.57 bits per heavy atom. The van der Waals surface area contributed by atoms with Crippen molar-refractivity contribution in [1.29, 1.82) is 0 Å². The minimum Gasteiger partial charge on any atom is -0.497 e. The van der Waals surface area contributed by atoms with Crippen molar-refractivity contribution in [3.05, 3.63) is 88.5 Å². The molecular formula is C24H20N6O3S2. The number of methoxy groups -OCH3 is 1. The molecule has 3 heterocycles. The van der Waals surface area contributed by atoms with Gasteiger partial charge in [-0.3, -0.25) is 19.3 Å². The summed E-state index contributed by atoms with van der Waals surface area (Å²) in [6, 6.07) is 22.0. The Morgan fingerprint density at radius 1 is 1.06 bits per heavy atom. The molecule has 0 aliphatic rings. The van der Waals surface area contributed by atoms with E-state index >= 15 is 0 Å². The van der Waals surface area contributed by atoms with Gasteiger partial charge in [0.05, 0.1) is 29.1 Å². The maximum absolute atomic E-state index is 12.7. The van der Waals surface area contributed by atoms with Gasteiger partial charge in [-0.2, -0.15) is 0 Å². The van der Waals surface area contributed by atoms with E-state index in [9.17, 15) is 9.59 Å². The Bertz CT molecular complexity index is 1490. The molecule has 5 rings (SSSR count). The van der Waals surface area contributed by atoms with E-state index in [2.05, 4.69) is 20.6 Å². The van der Waals surface area contributed by atoms with E-state index in [0.717, 1.165) is 16.3 Å². The molecule has 11 heteroatoms. The van der Waals surface area contributed by atoms with Crippen LogP contribution in [0.2, 0.25) is 0 Å². The number of para-hydroxylation sites is 1. The van der Waals surface area contributed by atoms with Crippen LogP contribution in [0.3, 0.4) is 0 Å². The molecule has 0 unspecified atom stereocenters. The number of nitrogens with one attached hydrogen (secondary N) is 2. The molecule has 0 bridgehead atoms. The molecule has 1 amide bonds. The topological polar surface area (TPSA) is 107 Å². The first kappa shape index (κ1) is 22.7. The van der Waals surface area contributed by atoms with Crippen LogP contribution in [0.4, 0.5) is 5.82 Å². The van der Waals surface area contributed by atoms with Gasteiger partial charge in [0.2, 0.25) is 5.91 Å². The number of amides is 1. The molecule has 0 saturated heterocycles. The maximum Gasteiger partial charge on any atom is 0.273 e. The number of aromatic amines is 1. The van der Waals surface area contributed by atoms with Crippen molar-refractivity contribution >= 4 is 34.8 Å². The standard InChI is InChI=1S/C24H20N6O3S2/c1-33-18-11-9-16(10-12-18)29-23(19-8-5-13-34-19)26-27-24(29)35-15-21(31)25-20-14-22(32)30(28-20)17-6-3-2-4-7-17/h2-14,28H,15H2,1H3,(H,25,31). The van der Waals surface area contributed by atoms with Gasteiger partial charge in [0.1, 0.15) is 11.6 Å². The second-order valence-electron chi connectivity index (χ2n) is 7.33. The van der Waals surface area contributed by atoms with Crippen LogP contribution in [0.25, 0.3) is 22.1 Å². The third kappa shape index (κ3) is 4.91. The predicted octanol–water partition coefficient (Wildman–Crippen LogP) is 4.21. The van der Waals surface area contributed by atoms with Gasteiger partial charge in [-0.15, -0.1) is 21.5 Å². The highest BCUT2D eigenvalue weighted by Gasteiger charge is 2.18. The number of H-pyrrole nitrogens is 1. The molecule has 5 aromatic rings. The molecule has 3 aromatic heterocycles. The van der Waals surface area contributed by atoms with E-state index in [1.54, 1.807) is 30.6 Å². The van der Waals surface area contributed by atoms with Crippen LogP contribution in [0.5, 0.6) is 5.75 Å². The third-order valence-corrected chi connectivity index (χ3v) is 6.84. The Balaban J connectivity index is 1.34. The highest BCUT2D eigenvalue weighted by atomic mass is 32.2. The summed E-state index contributed by atoms with van der Waals surface area (Å²) in [4.78, 5) is 25.9. The molecule has 176 valence electrons. The average Bonchev–Trinajstić information content (AvgIpc) is 3.63. The zero-order chi connectivity index (χ0) is 24.2. The van der Waals surface area contributed by atoms with Crippen molar-refractivity contribution < 1.29 is 9.53 Å². The SMILES string of the molecule is COc1ccc(-n2c(SCC(=O)Nc3cc(=O)n(-c4ccccc4)[nH]3)nnc2-c2cccs2)cc1. The fourth-order valence-corrected chi connectivity index (χ4v) is 4.89. The summed E-state index contributed by atoms with van der Waals surface area (Å²) in [5.41, 5.74) is 1.27. The zero-order valence-corrected chi connectivity index (χ0v) is 20.2. The van der Waals surface area contributed by atoms with Crippen LogP contribution in [0, 0.1) is 0 Å². The number of aromatic nitrogens is 5. The van der Waals surface area contributed by atoms with Crippen LogP contribution >= 0.6 is 23.1 Å². The summed E-state index contributed by atoms with van der Waals surface area (Å²) in [7, 11) is 1.62. The summed E-state index contributed by atoms with van der Waals surface area (Å²) >= 11 is 2.82. The van der Waals surface area contributed by atoms with Gasteiger partial charge >= 0.3 is 0 Å². The van der Waals surface area contributed by atoms with E-state index < -0.39 is 0 Å². The maximum atomic E-state index is 12.7. The molecule has 0 fully saturated rings. The van der Waals surface area contributed by atoms with Gasteiger partial charge < -0.3 is 10.1 Å². The van der Waals surface area contributed by atoms with E-state index in [-0.39, 0.29) is 17.2 Å². The Hall–Kier alpha value is -4.09. The first-order valence-electron chi connectivity index (χ1n) is 10.6. The number of carbonyl (C=O) groups excluding carboxylic acids is 1. The lowest BCUT2D eigenvalue weighted by Crippen LogP contribution is -2.15. The molecule has 0 radical (unpaired) electrons. The van der Waals surface area contributed by atoms with Crippen LogP contribution in [0.1, 0.15) is 0 Å². The lowest BCUT2D eigenvalue weighted by atomic mass is 10.3. The first-order chi connectivity index (χ1) is 17.1. The molecule has 9 nitrogen and oxygen atoms in total. The summed E-state index contributed by atoms with van der Waals surface area (Å²) < 4.78 is 8.55. The quantitative estimate of drug-likeness (QED) is 0.307. The fourth-order valence-electron chi connectivity index (χ4n) is 3.44. The number of rotatable bonds is 8. The van der Waals surface area contributed by atoms with E-state index in [1.165, 1.54) is 22.5 Å². The lowest BCUT2D eigenvalue weighted by Gasteiger charge is -2.10. The van der Waals surface area contributed by atoms with Gasteiger partial charge in [0.15, 0.2) is 11.0 Å². The third-order valence-electron chi connectivity index (χ3n) is 5.05. The molecule has 0 aliphatic carbocycles. The number of carbonyl (C=O) groups is 1. The molecule has 35 heavy (non-hydrogen) atoms. The molecular weight excluding hydrogens is 484 g/mol. The first-order valence-corrected chi connectivity index (χ1v) is 12.4. The van der Waals surface area contributed by atoms with Gasteiger partial charge in [0, 0.05) is 6.07 Å². The fraction of sp³-hybridized carbons (Fsp3) is 0.0833. The molecule has 0 atom stereocenters. The lowest BCUT2D eigenvalue weighted by molar-refractivity contribution is -0.113. The van der Waals surface area contributed by atoms with Crippen molar-refractivity contribution in [3.8, 4) is 27.8 Å². The van der Waals surface area contributed by atoms with Crippen LogP contribution in [-0.2, 0) is 4.79 Å². The van der Waals surface area contributed by atoms with Crippen molar-refractivity contribution in [2.75, 3.05) is 18.2 Å². The predicted molar refractivity (Wildman–Crippen MR) is 137 cm³/mol. The number of nitrogens with zero attached hydrogens (tertiary/aromatic N) is 4. The van der Waals surface area contributed by atoms with Crippen LogP contribution in [0.15, 0.2) is 88.1 Å². The number of anilines is 1. The van der Waals surface area contributed by atoms with E-state index in [0.29, 0.717) is 22.5 Å². The highest BCUT2D eigenvalue weighted by molar-refractivity contribution is 7.99. The van der Waals surface area contributed by atoms with E-state index in [1.807, 2.05) is 64.5 Å². The second-order valence-corrected chi connectivity index (χ2v) is 9.22. The van der Waals surface area contributed by atoms with Gasteiger partial charge in [-0.1, -0.05) is 36.0 Å². The number of thiophene rings is 1.